The maximum absolute atomic E-state index is 11.8. The maximum Gasteiger partial charge on any atom is 0.223 e. The van der Waals surface area contributed by atoms with Crippen molar-refractivity contribution in [2.45, 2.75) is 59.4 Å². The Balaban J connectivity index is 4.18. The number of Topliss-reactive ketones (excluding diaryl/α,β-unsaturated/α-hetero) is 1. The number of ketones is 1. The third-order valence-electron chi connectivity index (χ3n) is 2.61. The summed E-state index contributed by atoms with van der Waals surface area (Å²) in [5, 5.41) is 2.76. The van der Waals surface area contributed by atoms with E-state index in [2.05, 4.69) is 19.2 Å². The van der Waals surface area contributed by atoms with Crippen molar-refractivity contribution in [1.29, 1.82) is 0 Å². The highest BCUT2D eigenvalue weighted by Crippen LogP contribution is 2.13. The minimum Gasteiger partial charge on any atom is -0.346 e. The van der Waals surface area contributed by atoms with Crippen molar-refractivity contribution in [2.75, 3.05) is 0 Å². The van der Waals surface area contributed by atoms with Gasteiger partial charge >= 0.3 is 0 Å². The van der Waals surface area contributed by atoms with Crippen molar-refractivity contribution >= 4 is 11.7 Å². The Bertz CT molecular complexity index is 208. The lowest BCUT2D eigenvalue weighted by Gasteiger charge is -2.17. The molecular weight excluding hydrogens is 190 g/mol. The highest BCUT2D eigenvalue weighted by molar-refractivity contribution is 5.87. The van der Waals surface area contributed by atoms with E-state index in [1.54, 1.807) is 6.92 Å². The van der Waals surface area contributed by atoms with E-state index >= 15 is 0 Å². The van der Waals surface area contributed by atoms with Gasteiger partial charge in [0, 0.05) is 5.92 Å². The molecule has 3 heteroatoms. The molecule has 0 heterocycles. The van der Waals surface area contributed by atoms with Crippen LogP contribution >= 0.6 is 0 Å². The van der Waals surface area contributed by atoms with Crippen LogP contribution < -0.4 is 5.32 Å². The first-order chi connectivity index (χ1) is 7.02. The summed E-state index contributed by atoms with van der Waals surface area (Å²) in [6.07, 6.45) is 3.83. The lowest BCUT2D eigenvalue weighted by molar-refractivity contribution is -0.129. The Kier molecular flexibility index (Phi) is 7.01. The quantitative estimate of drug-likeness (QED) is 0.705. The molecule has 0 saturated carbocycles. The van der Waals surface area contributed by atoms with E-state index in [4.69, 9.17) is 0 Å². The molecule has 1 amide bonds. The van der Waals surface area contributed by atoms with Gasteiger partial charge in [-0.25, -0.2) is 0 Å². The van der Waals surface area contributed by atoms with Gasteiger partial charge in [0.2, 0.25) is 5.91 Å². The Labute approximate surface area is 92.6 Å². The summed E-state index contributed by atoms with van der Waals surface area (Å²) in [6.45, 7) is 7.38. The van der Waals surface area contributed by atoms with Gasteiger partial charge in [-0.2, -0.15) is 0 Å². The second-order valence-electron chi connectivity index (χ2n) is 4.12. The number of nitrogens with one attached hydrogen (secondary N) is 1. The first kappa shape index (κ1) is 14.1. The smallest absolute Gasteiger partial charge is 0.223 e. The van der Waals surface area contributed by atoms with Crippen molar-refractivity contribution in [2.24, 2.45) is 5.92 Å². The van der Waals surface area contributed by atoms with Crippen molar-refractivity contribution in [3.05, 3.63) is 0 Å². The van der Waals surface area contributed by atoms with Crippen molar-refractivity contribution in [1.82, 2.24) is 5.32 Å². The molecule has 0 aromatic heterocycles. The zero-order chi connectivity index (χ0) is 11.8. The van der Waals surface area contributed by atoms with Gasteiger partial charge in [0.25, 0.3) is 0 Å². The maximum atomic E-state index is 11.8. The van der Waals surface area contributed by atoms with Crippen LogP contribution in [0.4, 0.5) is 0 Å². The fraction of sp³-hybridized carbons (Fsp3) is 0.833. The number of carbonyl (C=O) groups is 2. The summed E-state index contributed by atoms with van der Waals surface area (Å²) >= 11 is 0. The molecule has 1 N–H and O–H groups in total. The van der Waals surface area contributed by atoms with Gasteiger partial charge in [0.15, 0.2) is 5.78 Å². The summed E-state index contributed by atoms with van der Waals surface area (Å²) in [5.74, 6) is 0.110. The van der Waals surface area contributed by atoms with Gasteiger partial charge in [0.1, 0.15) is 0 Å². The molecule has 0 aromatic carbocycles. The average molecular weight is 213 g/mol. The SMILES string of the molecule is CCCC(CCC)C(=O)NC(C)C(C)=O. The Morgan fingerprint density at radius 2 is 1.60 bits per heavy atom. The molecule has 0 aliphatic carbocycles. The molecule has 0 bridgehead atoms. The highest BCUT2D eigenvalue weighted by atomic mass is 16.2. The molecular formula is C12H23NO2. The lowest BCUT2D eigenvalue weighted by atomic mass is 9.97. The van der Waals surface area contributed by atoms with Crippen LogP contribution in [0.25, 0.3) is 0 Å². The first-order valence-electron chi connectivity index (χ1n) is 5.83. The summed E-state index contributed by atoms with van der Waals surface area (Å²) in [6, 6.07) is -0.353. The van der Waals surface area contributed by atoms with Gasteiger partial charge < -0.3 is 5.32 Å². The molecule has 0 rings (SSSR count). The number of rotatable bonds is 7. The third kappa shape index (κ3) is 5.55. The second-order valence-corrected chi connectivity index (χ2v) is 4.12. The Morgan fingerprint density at radius 1 is 1.13 bits per heavy atom. The zero-order valence-electron chi connectivity index (χ0n) is 10.3. The van der Waals surface area contributed by atoms with Crippen LogP contribution in [0.2, 0.25) is 0 Å². The van der Waals surface area contributed by atoms with Crippen LogP contribution in [0.5, 0.6) is 0 Å². The lowest BCUT2D eigenvalue weighted by Crippen LogP contribution is -2.40. The monoisotopic (exact) mass is 213 g/mol. The number of amides is 1. The minimum absolute atomic E-state index is 0.00935. The Hall–Kier alpha value is -0.860. The van der Waals surface area contributed by atoms with Gasteiger partial charge in [-0.1, -0.05) is 26.7 Å². The summed E-state index contributed by atoms with van der Waals surface area (Å²) in [7, 11) is 0. The van der Waals surface area contributed by atoms with E-state index in [1.165, 1.54) is 6.92 Å². The van der Waals surface area contributed by atoms with Crippen LogP contribution in [0.15, 0.2) is 0 Å². The molecule has 0 aliphatic rings. The molecule has 0 fully saturated rings. The van der Waals surface area contributed by atoms with Gasteiger partial charge in [-0.05, 0) is 26.7 Å². The minimum atomic E-state index is -0.353. The molecule has 3 nitrogen and oxygen atoms in total. The van der Waals surface area contributed by atoms with E-state index in [9.17, 15) is 9.59 Å². The number of carbonyl (C=O) groups excluding carboxylic acids is 2. The number of hydrogen-bond donors (Lipinski definition) is 1. The average Bonchev–Trinajstić information content (AvgIpc) is 2.17. The third-order valence-corrected chi connectivity index (χ3v) is 2.61. The predicted molar refractivity (Wildman–Crippen MR) is 61.6 cm³/mol. The van der Waals surface area contributed by atoms with Crippen molar-refractivity contribution < 1.29 is 9.59 Å². The molecule has 0 spiro atoms. The predicted octanol–water partition coefficient (Wildman–Crippen LogP) is 2.30. The molecule has 0 aliphatic heterocycles. The molecule has 0 saturated heterocycles. The van der Waals surface area contributed by atoms with Gasteiger partial charge in [-0.3, -0.25) is 9.59 Å². The van der Waals surface area contributed by atoms with Crippen molar-refractivity contribution in [3.8, 4) is 0 Å². The van der Waals surface area contributed by atoms with Crippen LogP contribution in [-0.2, 0) is 9.59 Å². The second kappa shape index (κ2) is 7.43. The van der Waals surface area contributed by atoms with Gasteiger partial charge in [0.05, 0.1) is 6.04 Å². The van der Waals surface area contributed by atoms with E-state index in [-0.39, 0.29) is 23.7 Å². The highest BCUT2D eigenvalue weighted by Gasteiger charge is 2.19. The molecule has 0 aromatic rings. The fourth-order valence-corrected chi connectivity index (χ4v) is 1.54. The van der Waals surface area contributed by atoms with Gasteiger partial charge in [-0.15, -0.1) is 0 Å². The van der Waals surface area contributed by atoms with E-state index in [0.29, 0.717) is 0 Å². The Morgan fingerprint density at radius 3 is 1.93 bits per heavy atom. The largest absolute Gasteiger partial charge is 0.346 e. The van der Waals surface area contributed by atoms with Crippen LogP contribution in [0, 0.1) is 5.92 Å². The number of hydrogen-bond acceptors (Lipinski definition) is 2. The fourth-order valence-electron chi connectivity index (χ4n) is 1.54. The van der Waals surface area contributed by atoms with Crippen LogP contribution in [0.3, 0.4) is 0 Å². The topological polar surface area (TPSA) is 46.2 Å². The zero-order valence-corrected chi connectivity index (χ0v) is 10.3. The van der Waals surface area contributed by atoms with Crippen LogP contribution in [0.1, 0.15) is 53.4 Å². The normalized spacial score (nSPS) is 12.6. The van der Waals surface area contributed by atoms with Crippen LogP contribution in [-0.4, -0.2) is 17.7 Å². The molecule has 88 valence electrons. The first-order valence-corrected chi connectivity index (χ1v) is 5.83. The van der Waals surface area contributed by atoms with E-state index < -0.39 is 0 Å². The molecule has 1 atom stereocenters. The summed E-state index contributed by atoms with van der Waals surface area (Å²) in [4.78, 5) is 22.8. The van der Waals surface area contributed by atoms with Crippen molar-refractivity contribution in [3.63, 3.8) is 0 Å². The summed E-state index contributed by atoms with van der Waals surface area (Å²) in [5.41, 5.74) is 0. The van der Waals surface area contributed by atoms with E-state index in [1.807, 2.05) is 0 Å². The molecule has 0 radical (unpaired) electrons. The molecule has 1 unspecified atom stereocenters. The molecule has 15 heavy (non-hydrogen) atoms. The van der Waals surface area contributed by atoms with E-state index in [0.717, 1.165) is 25.7 Å². The summed E-state index contributed by atoms with van der Waals surface area (Å²) < 4.78 is 0. The standard InChI is InChI=1S/C12H23NO2/c1-5-7-11(8-6-2)12(15)13-9(3)10(4)14/h9,11H,5-8H2,1-4H3,(H,13,15).